The van der Waals surface area contributed by atoms with Crippen LogP contribution >= 0.6 is 0 Å². The molecule has 0 saturated heterocycles. The van der Waals surface area contributed by atoms with Crippen molar-refractivity contribution in [1.29, 1.82) is 0 Å². The Morgan fingerprint density at radius 1 is 0.950 bits per heavy atom. The van der Waals surface area contributed by atoms with Crippen LogP contribution in [0.1, 0.15) is 6.92 Å². The SMILES string of the molecule is CCN(CCOc1cccc(OC)c1)c1ccccc1. The fourth-order valence-corrected chi connectivity index (χ4v) is 2.07. The van der Waals surface area contributed by atoms with Gasteiger partial charge in [0, 0.05) is 18.3 Å². The lowest BCUT2D eigenvalue weighted by Crippen LogP contribution is -2.27. The van der Waals surface area contributed by atoms with Gasteiger partial charge in [-0.3, -0.25) is 0 Å². The van der Waals surface area contributed by atoms with E-state index in [-0.39, 0.29) is 0 Å². The third-order valence-corrected chi connectivity index (χ3v) is 3.17. The highest BCUT2D eigenvalue weighted by Crippen LogP contribution is 2.19. The van der Waals surface area contributed by atoms with Gasteiger partial charge in [0.2, 0.25) is 0 Å². The third kappa shape index (κ3) is 3.92. The molecule has 0 aliphatic rings. The summed E-state index contributed by atoms with van der Waals surface area (Å²) in [5.74, 6) is 1.66. The molecule has 0 heterocycles. The molecule has 0 unspecified atom stereocenters. The molecule has 2 aromatic rings. The molecule has 0 aliphatic heterocycles. The van der Waals surface area contributed by atoms with Crippen molar-refractivity contribution in [3.63, 3.8) is 0 Å². The standard InChI is InChI=1S/C17H21NO2/c1-3-18(15-8-5-4-6-9-15)12-13-20-17-11-7-10-16(14-17)19-2/h4-11,14H,3,12-13H2,1-2H3. The molecule has 2 rings (SSSR count). The first-order chi connectivity index (χ1) is 9.83. The van der Waals surface area contributed by atoms with Crippen molar-refractivity contribution in [2.45, 2.75) is 6.92 Å². The summed E-state index contributed by atoms with van der Waals surface area (Å²) in [4.78, 5) is 2.29. The lowest BCUT2D eigenvalue weighted by atomic mass is 10.3. The number of benzene rings is 2. The molecule has 0 saturated carbocycles. The second kappa shape index (κ2) is 7.43. The molecule has 0 aliphatic carbocycles. The van der Waals surface area contributed by atoms with E-state index in [4.69, 9.17) is 9.47 Å². The molecule has 106 valence electrons. The van der Waals surface area contributed by atoms with Crippen LogP contribution in [0.2, 0.25) is 0 Å². The van der Waals surface area contributed by atoms with E-state index >= 15 is 0 Å². The molecule has 2 aromatic carbocycles. The van der Waals surface area contributed by atoms with Gasteiger partial charge in [-0.05, 0) is 31.2 Å². The largest absolute Gasteiger partial charge is 0.497 e. The first kappa shape index (κ1) is 14.3. The van der Waals surface area contributed by atoms with Gasteiger partial charge in [-0.1, -0.05) is 24.3 Å². The molecule has 0 radical (unpaired) electrons. The Morgan fingerprint density at radius 2 is 1.70 bits per heavy atom. The number of para-hydroxylation sites is 1. The normalized spacial score (nSPS) is 10.1. The summed E-state index contributed by atoms with van der Waals surface area (Å²) < 4.78 is 11.0. The van der Waals surface area contributed by atoms with Crippen molar-refractivity contribution in [2.24, 2.45) is 0 Å². The van der Waals surface area contributed by atoms with E-state index in [9.17, 15) is 0 Å². The van der Waals surface area contributed by atoms with Crippen molar-refractivity contribution in [2.75, 3.05) is 31.7 Å². The number of hydrogen-bond acceptors (Lipinski definition) is 3. The van der Waals surface area contributed by atoms with Gasteiger partial charge in [0.05, 0.1) is 13.7 Å². The van der Waals surface area contributed by atoms with E-state index in [0.29, 0.717) is 6.61 Å². The third-order valence-electron chi connectivity index (χ3n) is 3.17. The number of rotatable bonds is 7. The number of ether oxygens (including phenoxy) is 2. The second-order valence-electron chi connectivity index (χ2n) is 4.44. The highest BCUT2D eigenvalue weighted by atomic mass is 16.5. The van der Waals surface area contributed by atoms with E-state index < -0.39 is 0 Å². The maximum Gasteiger partial charge on any atom is 0.123 e. The van der Waals surface area contributed by atoms with E-state index in [1.807, 2.05) is 30.3 Å². The number of likely N-dealkylation sites (N-methyl/N-ethyl adjacent to an activating group) is 1. The van der Waals surface area contributed by atoms with Crippen LogP contribution in [0.15, 0.2) is 54.6 Å². The molecule has 0 bridgehead atoms. The first-order valence-electron chi connectivity index (χ1n) is 6.90. The minimum Gasteiger partial charge on any atom is -0.497 e. The van der Waals surface area contributed by atoms with Crippen LogP contribution in [0.25, 0.3) is 0 Å². The Balaban J connectivity index is 1.88. The average Bonchev–Trinajstić information content (AvgIpc) is 2.52. The summed E-state index contributed by atoms with van der Waals surface area (Å²) in [6, 6.07) is 18.1. The Morgan fingerprint density at radius 3 is 2.40 bits per heavy atom. The highest BCUT2D eigenvalue weighted by molar-refractivity contribution is 5.45. The zero-order valence-electron chi connectivity index (χ0n) is 12.1. The molecule has 0 aromatic heterocycles. The van der Waals surface area contributed by atoms with Crippen LogP contribution in [-0.2, 0) is 0 Å². The van der Waals surface area contributed by atoms with Gasteiger partial charge in [0.1, 0.15) is 18.1 Å². The number of nitrogens with zero attached hydrogens (tertiary/aromatic N) is 1. The van der Waals surface area contributed by atoms with Crippen molar-refractivity contribution in [3.8, 4) is 11.5 Å². The topological polar surface area (TPSA) is 21.7 Å². The summed E-state index contributed by atoms with van der Waals surface area (Å²) in [6.45, 7) is 4.62. The molecule has 3 nitrogen and oxygen atoms in total. The van der Waals surface area contributed by atoms with Gasteiger partial charge in [0.25, 0.3) is 0 Å². The summed E-state index contributed by atoms with van der Waals surface area (Å²) in [5, 5.41) is 0. The van der Waals surface area contributed by atoms with Crippen molar-refractivity contribution in [3.05, 3.63) is 54.6 Å². The summed E-state index contributed by atoms with van der Waals surface area (Å²) in [7, 11) is 1.66. The van der Waals surface area contributed by atoms with Crippen LogP contribution in [0.3, 0.4) is 0 Å². The molecule has 20 heavy (non-hydrogen) atoms. The minimum atomic E-state index is 0.649. The zero-order valence-corrected chi connectivity index (χ0v) is 12.1. The van der Waals surface area contributed by atoms with Crippen LogP contribution in [-0.4, -0.2) is 26.8 Å². The summed E-state index contributed by atoms with van der Waals surface area (Å²) in [6.07, 6.45) is 0. The molecule has 3 heteroatoms. The molecular weight excluding hydrogens is 250 g/mol. The average molecular weight is 271 g/mol. The molecular formula is C17H21NO2. The van der Waals surface area contributed by atoms with Gasteiger partial charge in [-0.2, -0.15) is 0 Å². The summed E-state index contributed by atoms with van der Waals surface area (Å²) in [5.41, 5.74) is 1.23. The Bertz CT molecular complexity index is 513. The fourth-order valence-electron chi connectivity index (χ4n) is 2.07. The lowest BCUT2D eigenvalue weighted by molar-refractivity contribution is 0.321. The van der Waals surface area contributed by atoms with Crippen LogP contribution in [0.4, 0.5) is 5.69 Å². The van der Waals surface area contributed by atoms with E-state index in [0.717, 1.165) is 24.6 Å². The summed E-state index contributed by atoms with van der Waals surface area (Å²) >= 11 is 0. The van der Waals surface area contributed by atoms with Gasteiger partial charge in [0.15, 0.2) is 0 Å². The van der Waals surface area contributed by atoms with Gasteiger partial charge >= 0.3 is 0 Å². The maximum atomic E-state index is 5.78. The lowest BCUT2D eigenvalue weighted by Gasteiger charge is -2.23. The quantitative estimate of drug-likeness (QED) is 0.768. The maximum absolute atomic E-state index is 5.78. The van der Waals surface area contributed by atoms with Crippen molar-refractivity contribution < 1.29 is 9.47 Å². The molecule has 0 spiro atoms. The van der Waals surface area contributed by atoms with Gasteiger partial charge in [-0.25, -0.2) is 0 Å². The Kier molecular flexibility index (Phi) is 5.30. The van der Waals surface area contributed by atoms with Crippen molar-refractivity contribution >= 4 is 5.69 Å². The monoisotopic (exact) mass is 271 g/mol. The molecule has 0 amide bonds. The van der Waals surface area contributed by atoms with Crippen LogP contribution in [0.5, 0.6) is 11.5 Å². The minimum absolute atomic E-state index is 0.649. The highest BCUT2D eigenvalue weighted by Gasteiger charge is 2.04. The Hall–Kier alpha value is -2.16. The van der Waals surface area contributed by atoms with Crippen molar-refractivity contribution in [1.82, 2.24) is 0 Å². The smallest absolute Gasteiger partial charge is 0.123 e. The van der Waals surface area contributed by atoms with Crippen LogP contribution < -0.4 is 14.4 Å². The molecule has 0 atom stereocenters. The number of anilines is 1. The van der Waals surface area contributed by atoms with E-state index in [2.05, 4.69) is 36.1 Å². The molecule has 0 fully saturated rings. The van der Waals surface area contributed by atoms with E-state index in [1.54, 1.807) is 7.11 Å². The van der Waals surface area contributed by atoms with E-state index in [1.165, 1.54) is 5.69 Å². The fraction of sp³-hybridized carbons (Fsp3) is 0.294. The Labute approximate surface area is 120 Å². The predicted molar refractivity (Wildman–Crippen MR) is 82.8 cm³/mol. The first-order valence-corrected chi connectivity index (χ1v) is 6.90. The predicted octanol–water partition coefficient (Wildman–Crippen LogP) is 3.60. The second-order valence-corrected chi connectivity index (χ2v) is 4.44. The van der Waals surface area contributed by atoms with Gasteiger partial charge < -0.3 is 14.4 Å². The number of hydrogen-bond donors (Lipinski definition) is 0. The zero-order chi connectivity index (χ0) is 14.2. The van der Waals surface area contributed by atoms with Crippen LogP contribution in [0, 0.1) is 0 Å². The number of methoxy groups -OCH3 is 1. The molecule has 0 N–H and O–H groups in total. The van der Waals surface area contributed by atoms with Gasteiger partial charge in [-0.15, -0.1) is 0 Å².